The first-order chi connectivity index (χ1) is 11.2. The first kappa shape index (κ1) is 16.1. The van der Waals surface area contributed by atoms with Gasteiger partial charge in [0.2, 0.25) is 0 Å². The van der Waals surface area contributed by atoms with Crippen LogP contribution in [0.3, 0.4) is 0 Å². The van der Waals surface area contributed by atoms with Gasteiger partial charge in [0.15, 0.2) is 5.75 Å². The van der Waals surface area contributed by atoms with Crippen molar-refractivity contribution in [3.05, 3.63) is 28.3 Å². The van der Waals surface area contributed by atoms with Crippen LogP contribution in [0.15, 0.2) is 18.2 Å². The number of nitrogens with zero attached hydrogens (tertiary/aromatic N) is 2. The number of nitro groups is 1. The Morgan fingerprint density at radius 3 is 2.74 bits per heavy atom. The van der Waals surface area contributed by atoms with Crippen LogP contribution in [-0.4, -0.2) is 37.3 Å². The van der Waals surface area contributed by atoms with E-state index >= 15 is 0 Å². The molecule has 3 rings (SSSR count). The molecule has 2 heterocycles. The normalized spacial score (nSPS) is 22.3. The lowest BCUT2D eigenvalue weighted by atomic mass is 9.89. The van der Waals surface area contributed by atoms with Crippen molar-refractivity contribution in [3.8, 4) is 5.75 Å². The smallest absolute Gasteiger partial charge is 0.311 e. The summed E-state index contributed by atoms with van der Waals surface area (Å²) in [5.41, 5.74) is 1.04. The van der Waals surface area contributed by atoms with Crippen LogP contribution < -0.4 is 9.64 Å². The van der Waals surface area contributed by atoms with Crippen LogP contribution in [0.5, 0.6) is 5.75 Å². The third kappa shape index (κ3) is 3.58. The van der Waals surface area contributed by atoms with E-state index in [1.54, 1.807) is 12.1 Å². The minimum Gasteiger partial charge on any atom is -0.487 e. The Bertz CT molecular complexity index is 550. The van der Waals surface area contributed by atoms with Crippen molar-refractivity contribution in [1.29, 1.82) is 0 Å². The van der Waals surface area contributed by atoms with Crippen molar-refractivity contribution < 1.29 is 14.4 Å². The summed E-state index contributed by atoms with van der Waals surface area (Å²) in [6.07, 6.45) is 5.05. The average molecular weight is 320 g/mol. The van der Waals surface area contributed by atoms with Crippen LogP contribution in [0.25, 0.3) is 0 Å². The van der Waals surface area contributed by atoms with E-state index in [-0.39, 0.29) is 5.69 Å². The lowest BCUT2D eigenvalue weighted by molar-refractivity contribution is -0.385. The lowest BCUT2D eigenvalue weighted by Crippen LogP contribution is -2.37. The number of benzene rings is 1. The molecule has 23 heavy (non-hydrogen) atoms. The van der Waals surface area contributed by atoms with Crippen molar-refractivity contribution in [2.75, 3.05) is 31.2 Å². The Hall–Kier alpha value is -1.82. The molecule has 0 radical (unpaired) electrons. The average Bonchev–Trinajstić information content (AvgIpc) is 3.09. The first-order valence-electron chi connectivity index (χ1n) is 8.47. The van der Waals surface area contributed by atoms with Crippen LogP contribution in [0.2, 0.25) is 0 Å². The second kappa shape index (κ2) is 7.17. The fourth-order valence-electron chi connectivity index (χ4n) is 3.63. The third-order valence-corrected chi connectivity index (χ3v) is 4.84. The number of hydrogen-bond donors (Lipinski definition) is 0. The van der Waals surface area contributed by atoms with Gasteiger partial charge in [0.25, 0.3) is 0 Å². The van der Waals surface area contributed by atoms with Crippen molar-refractivity contribution in [2.45, 2.75) is 38.7 Å². The molecule has 2 aliphatic rings. The summed E-state index contributed by atoms with van der Waals surface area (Å²) < 4.78 is 11.3. The van der Waals surface area contributed by atoms with Gasteiger partial charge >= 0.3 is 5.69 Å². The molecule has 2 aliphatic heterocycles. The number of ether oxygens (including phenoxy) is 2. The summed E-state index contributed by atoms with van der Waals surface area (Å²) in [5.74, 6) is 1.01. The monoisotopic (exact) mass is 320 g/mol. The van der Waals surface area contributed by atoms with Gasteiger partial charge in [-0.2, -0.15) is 0 Å². The highest BCUT2D eigenvalue weighted by Gasteiger charge is 2.30. The van der Waals surface area contributed by atoms with Crippen molar-refractivity contribution in [1.82, 2.24) is 0 Å². The maximum absolute atomic E-state index is 11.1. The summed E-state index contributed by atoms with van der Waals surface area (Å²) in [5, 5.41) is 11.1. The third-order valence-electron chi connectivity index (χ3n) is 4.84. The Kier molecular flexibility index (Phi) is 5.00. The quantitative estimate of drug-likeness (QED) is 0.614. The minimum atomic E-state index is -0.390. The molecule has 2 saturated heterocycles. The minimum absolute atomic E-state index is 0.0323. The number of hydrogen-bond acceptors (Lipinski definition) is 5. The molecule has 6 heteroatoms. The van der Waals surface area contributed by atoms with Gasteiger partial charge in [-0.15, -0.1) is 0 Å². The molecule has 0 aromatic heterocycles. The molecule has 0 saturated carbocycles. The fourth-order valence-corrected chi connectivity index (χ4v) is 3.63. The van der Waals surface area contributed by atoms with Gasteiger partial charge in [-0.25, -0.2) is 0 Å². The van der Waals surface area contributed by atoms with Crippen molar-refractivity contribution in [2.24, 2.45) is 5.92 Å². The van der Waals surface area contributed by atoms with E-state index in [0.29, 0.717) is 24.4 Å². The van der Waals surface area contributed by atoms with Gasteiger partial charge in [0.05, 0.1) is 17.6 Å². The van der Waals surface area contributed by atoms with E-state index in [9.17, 15) is 10.1 Å². The number of piperidine rings is 1. The van der Waals surface area contributed by atoms with E-state index in [4.69, 9.17) is 9.47 Å². The standard InChI is InChI=1S/C17H24N2O4/c1-2-22-17-12-14(5-6-15(17)19(20)21)18-9-7-13(8-10-18)16-4-3-11-23-16/h5-6,12-13,16H,2-4,7-11H2,1H3. The Morgan fingerprint density at radius 1 is 1.35 bits per heavy atom. The van der Waals surface area contributed by atoms with E-state index in [1.165, 1.54) is 12.8 Å². The number of nitro benzene ring substituents is 1. The zero-order valence-electron chi connectivity index (χ0n) is 13.6. The second-order valence-corrected chi connectivity index (χ2v) is 6.22. The van der Waals surface area contributed by atoms with Gasteiger partial charge in [-0.3, -0.25) is 10.1 Å². The van der Waals surface area contributed by atoms with E-state index in [1.807, 2.05) is 13.0 Å². The maximum atomic E-state index is 11.1. The topological polar surface area (TPSA) is 64.8 Å². The van der Waals surface area contributed by atoms with Gasteiger partial charge in [0, 0.05) is 37.5 Å². The number of anilines is 1. The van der Waals surface area contributed by atoms with Crippen LogP contribution in [-0.2, 0) is 4.74 Å². The summed E-state index contributed by atoms with van der Waals surface area (Å²) in [4.78, 5) is 13.0. The van der Waals surface area contributed by atoms with Crippen molar-refractivity contribution >= 4 is 11.4 Å². The van der Waals surface area contributed by atoms with Crippen LogP contribution in [0.4, 0.5) is 11.4 Å². The molecule has 126 valence electrons. The molecule has 0 amide bonds. The van der Waals surface area contributed by atoms with Gasteiger partial charge in [-0.1, -0.05) is 0 Å². The highest BCUT2D eigenvalue weighted by molar-refractivity contribution is 5.59. The second-order valence-electron chi connectivity index (χ2n) is 6.22. The summed E-state index contributed by atoms with van der Waals surface area (Å²) >= 11 is 0. The molecule has 0 N–H and O–H groups in total. The van der Waals surface area contributed by atoms with E-state index < -0.39 is 4.92 Å². The van der Waals surface area contributed by atoms with Gasteiger partial charge in [-0.05, 0) is 44.6 Å². The predicted octanol–water partition coefficient (Wildman–Crippen LogP) is 3.39. The van der Waals surface area contributed by atoms with Crippen molar-refractivity contribution in [3.63, 3.8) is 0 Å². The zero-order chi connectivity index (χ0) is 16.2. The molecular formula is C17H24N2O4. The van der Waals surface area contributed by atoms with Crippen LogP contribution >= 0.6 is 0 Å². The van der Waals surface area contributed by atoms with Gasteiger partial charge in [0.1, 0.15) is 0 Å². The first-order valence-corrected chi connectivity index (χ1v) is 8.47. The Balaban J connectivity index is 1.67. The highest BCUT2D eigenvalue weighted by Crippen LogP contribution is 2.35. The molecular weight excluding hydrogens is 296 g/mol. The molecule has 0 aliphatic carbocycles. The summed E-state index contributed by atoms with van der Waals surface area (Å²) in [7, 11) is 0. The summed E-state index contributed by atoms with van der Waals surface area (Å²) in [6, 6.07) is 5.17. The molecule has 6 nitrogen and oxygen atoms in total. The molecule has 1 aromatic rings. The summed E-state index contributed by atoms with van der Waals surface area (Å²) in [6.45, 7) is 5.10. The predicted molar refractivity (Wildman–Crippen MR) is 88.2 cm³/mol. The molecule has 2 fully saturated rings. The molecule has 0 spiro atoms. The fraction of sp³-hybridized carbons (Fsp3) is 0.647. The van der Waals surface area contributed by atoms with Crippen LogP contribution in [0, 0.1) is 16.0 Å². The van der Waals surface area contributed by atoms with Gasteiger partial charge < -0.3 is 14.4 Å². The lowest BCUT2D eigenvalue weighted by Gasteiger charge is -2.35. The Morgan fingerprint density at radius 2 is 2.13 bits per heavy atom. The zero-order valence-corrected chi connectivity index (χ0v) is 13.6. The molecule has 1 atom stereocenters. The largest absolute Gasteiger partial charge is 0.487 e. The Labute approximate surface area is 136 Å². The molecule has 1 unspecified atom stereocenters. The number of rotatable bonds is 5. The highest BCUT2D eigenvalue weighted by atomic mass is 16.6. The van der Waals surface area contributed by atoms with E-state index in [0.717, 1.165) is 38.2 Å². The van der Waals surface area contributed by atoms with Crippen LogP contribution in [0.1, 0.15) is 32.6 Å². The SMILES string of the molecule is CCOc1cc(N2CCC(C3CCCO3)CC2)ccc1[N+](=O)[O-]. The molecule has 1 aromatic carbocycles. The molecule has 0 bridgehead atoms. The van der Waals surface area contributed by atoms with E-state index in [2.05, 4.69) is 4.90 Å². The maximum Gasteiger partial charge on any atom is 0.311 e.